The Morgan fingerprint density at radius 2 is 1.54 bits per heavy atom. The number of hydrogen-bond acceptors (Lipinski definition) is 10. The van der Waals surface area contributed by atoms with Gasteiger partial charge in [-0.05, 0) is 125 Å². The number of aliphatic hydroxyl groups excluding tert-OH is 1. The highest BCUT2D eigenvalue weighted by atomic mass is 16.8. The van der Waals surface area contributed by atoms with E-state index in [1.54, 1.807) is 57.2 Å². The Bertz CT molecular complexity index is 2630. The van der Waals surface area contributed by atoms with E-state index in [0.717, 1.165) is 48.8 Å². The van der Waals surface area contributed by atoms with Gasteiger partial charge in [-0.3, -0.25) is 14.4 Å². The van der Waals surface area contributed by atoms with Crippen molar-refractivity contribution in [1.29, 1.82) is 0 Å². The van der Waals surface area contributed by atoms with E-state index in [9.17, 15) is 24.3 Å². The normalized spacial score (nSPS) is 27.1. The topological polar surface area (TPSA) is 162 Å². The van der Waals surface area contributed by atoms with Gasteiger partial charge in [0.05, 0.1) is 29.9 Å². The smallest absolute Gasteiger partial charge is 0.338 e. The number of amides is 2. The number of fused-ring (bicyclic) bond motifs is 3. The van der Waals surface area contributed by atoms with Gasteiger partial charge in [0.1, 0.15) is 23.9 Å². The van der Waals surface area contributed by atoms with E-state index in [-0.39, 0.29) is 49.3 Å². The van der Waals surface area contributed by atoms with Crippen molar-refractivity contribution in [2.24, 2.45) is 17.3 Å². The van der Waals surface area contributed by atoms with Crippen LogP contribution >= 0.6 is 0 Å². The molecule has 4 fully saturated rings. The summed E-state index contributed by atoms with van der Waals surface area (Å²) in [6.07, 6.45) is 7.51. The molecule has 0 radical (unpaired) electrons. The fraction of sp³-hybridized carbons (Fsp3) is 0.458. The lowest BCUT2D eigenvalue weighted by Crippen LogP contribution is -2.45. The van der Waals surface area contributed by atoms with E-state index in [4.69, 9.17) is 23.7 Å². The number of benzene rings is 4. The molecule has 0 spiro atoms. The average molecular weight is 965 g/mol. The highest BCUT2D eigenvalue weighted by molar-refractivity contribution is 5.95. The molecule has 12 heteroatoms. The highest BCUT2D eigenvalue weighted by Crippen LogP contribution is 2.60. The predicted molar refractivity (Wildman–Crippen MR) is 269 cm³/mol. The van der Waals surface area contributed by atoms with Gasteiger partial charge in [-0.1, -0.05) is 110 Å². The van der Waals surface area contributed by atoms with Crippen molar-refractivity contribution in [3.05, 3.63) is 160 Å². The van der Waals surface area contributed by atoms with E-state index in [0.29, 0.717) is 40.2 Å². The zero-order valence-electron chi connectivity index (χ0n) is 41.8. The molecule has 374 valence electrons. The number of aliphatic hydroxyl groups is 1. The zero-order chi connectivity index (χ0) is 50.1. The second-order valence-corrected chi connectivity index (χ2v) is 22.0. The van der Waals surface area contributed by atoms with E-state index in [1.165, 1.54) is 5.57 Å². The Morgan fingerprint density at radius 1 is 0.831 bits per heavy atom. The first-order chi connectivity index (χ1) is 33.9. The molecule has 2 heterocycles. The minimum Gasteiger partial charge on any atom is -0.460 e. The summed E-state index contributed by atoms with van der Waals surface area (Å²) in [7, 11) is 0. The molecule has 0 bridgehead atoms. The molecule has 12 nitrogen and oxygen atoms in total. The van der Waals surface area contributed by atoms with Gasteiger partial charge in [0.25, 0.3) is 5.91 Å². The number of epoxide rings is 1. The molecule has 8 atom stereocenters. The standard InChI is InChI=1S/C59H68N2O10/c1-56(2,3)70-51(63)26-24-45(36-62)61-54(65)40-17-14-16-38(31-40)35-60-53(64)42-32-48(52-49(33-42)68-59(71-52,43-19-9-7-10-20-43)44-21-11-8-12-22-44)67-55(66)41-18-13-15-37(30-41)29-39-23-25-50-58(6,69-50)28-27-47-46(39)34-57(47,4)5/h7-22,29-31,33,45-50,52,62H,23-28,32,34-36H2,1-6H3,(H,60,64)(H,61,65). The Morgan fingerprint density at radius 3 is 2.23 bits per heavy atom. The van der Waals surface area contributed by atoms with Crippen LogP contribution in [-0.4, -0.2) is 77.1 Å². The van der Waals surface area contributed by atoms with Gasteiger partial charge in [0.15, 0.2) is 0 Å². The number of rotatable bonds is 14. The molecule has 5 aliphatic rings. The zero-order valence-corrected chi connectivity index (χ0v) is 41.8. The van der Waals surface area contributed by atoms with Gasteiger partial charge in [-0.2, -0.15) is 0 Å². The highest BCUT2D eigenvalue weighted by Gasteiger charge is 2.57. The quantitative estimate of drug-likeness (QED) is 0.0820. The fourth-order valence-corrected chi connectivity index (χ4v) is 11.3. The number of carbonyl (C=O) groups excluding carboxylic acids is 4. The maximum Gasteiger partial charge on any atom is 0.338 e. The number of ether oxygens (including phenoxy) is 5. The molecule has 0 aromatic heterocycles. The van der Waals surface area contributed by atoms with Gasteiger partial charge < -0.3 is 39.4 Å². The first-order valence-electron chi connectivity index (χ1n) is 25.3. The van der Waals surface area contributed by atoms with Gasteiger partial charge >= 0.3 is 11.9 Å². The summed E-state index contributed by atoms with van der Waals surface area (Å²) in [5.74, 6) is -2.04. The molecule has 4 aromatic rings. The molecular formula is C59H68N2O10. The molecule has 2 aliphatic heterocycles. The van der Waals surface area contributed by atoms with Crippen molar-refractivity contribution < 1.29 is 48.0 Å². The van der Waals surface area contributed by atoms with Crippen molar-refractivity contribution in [3.63, 3.8) is 0 Å². The van der Waals surface area contributed by atoms with Crippen LogP contribution in [0.25, 0.3) is 6.08 Å². The monoisotopic (exact) mass is 964 g/mol. The largest absolute Gasteiger partial charge is 0.460 e. The maximum absolute atomic E-state index is 14.4. The summed E-state index contributed by atoms with van der Waals surface area (Å²) in [4.78, 5) is 54.3. The second-order valence-electron chi connectivity index (χ2n) is 22.0. The predicted octanol–water partition coefficient (Wildman–Crippen LogP) is 9.53. The van der Waals surface area contributed by atoms with Crippen LogP contribution in [0.3, 0.4) is 0 Å². The Balaban J connectivity index is 0.930. The van der Waals surface area contributed by atoms with Crippen LogP contribution in [0.2, 0.25) is 0 Å². The van der Waals surface area contributed by atoms with Crippen LogP contribution in [0.5, 0.6) is 0 Å². The SMILES string of the molecule is CC(C)(C)OC(=O)CCC(CO)NC(=O)c1cccc(CNC(=O)C2=CC3OC(c4ccccc4)(c4ccccc4)OC3C(OC(=O)c3cccc(C=C4CCC5OC5(C)CCC5C4CC5(C)C)c3)C2)c1. The van der Waals surface area contributed by atoms with Crippen LogP contribution in [0.15, 0.2) is 126 Å². The lowest BCUT2D eigenvalue weighted by molar-refractivity contribution is -0.157. The van der Waals surface area contributed by atoms with Crippen molar-refractivity contribution in [2.75, 3.05) is 6.61 Å². The third kappa shape index (κ3) is 11.3. The van der Waals surface area contributed by atoms with Gasteiger partial charge in [0, 0.05) is 41.6 Å². The average Bonchev–Trinajstić information content (AvgIpc) is 3.81. The van der Waals surface area contributed by atoms with Crippen LogP contribution in [0, 0.1) is 17.3 Å². The van der Waals surface area contributed by atoms with Crippen LogP contribution in [0.4, 0.5) is 0 Å². The number of carbonyl (C=O) groups is 4. The molecule has 9 rings (SSSR count). The number of allylic oxidation sites excluding steroid dienone is 1. The molecule has 2 saturated heterocycles. The first kappa shape index (κ1) is 50.0. The third-order valence-electron chi connectivity index (χ3n) is 15.1. The van der Waals surface area contributed by atoms with E-state index in [2.05, 4.69) is 37.5 Å². The van der Waals surface area contributed by atoms with Crippen LogP contribution in [0.1, 0.15) is 136 Å². The fourth-order valence-electron chi connectivity index (χ4n) is 11.3. The van der Waals surface area contributed by atoms with Crippen LogP contribution < -0.4 is 10.6 Å². The number of nitrogens with one attached hydrogen (secondary N) is 2. The van der Waals surface area contributed by atoms with Gasteiger partial charge in [0.2, 0.25) is 11.7 Å². The van der Waals surface area contributed by atoms with Crippen molar-refractivity contribution in [3.8, 4) is 0 Å². The Kier molecular flexibility index (Phi) is 14.3. The summed E-state index contributed by atoms with van der Waals surface area (Å²) in [6.45, 7) is 12.1. The van der Waals surface area contributed by atoms with Gasteiger partial charge in [-0.25, -0.2) is 4.79 Å². The summed E-state index contributed by atoms with van der Waals surface area (Å²) in [5, 5.41) is 15.8. The van der Waals surface area contributed by atoms with Gasteiger partial charge in [-0.15, -0.1) is 0 Å². The summed E-state index contributed by atoms with van der Waals surface area (Å²) in [5.41, 5.74) is 5.24. The molecule has 2 saturated carbocycles. The van der Waals surface area contributed by atoms with Crippen molar-refractivity contribution in [2.45, 2.75) is 147 Å². The molecule has 71 heavy (non-hydrogen) atoms. The first-order valence-corrected chi connectivity index (χ1v) is 25.3. The lowest BCUT2D eigenvalue weighted by Gasteiger charge is -2.53. The van der Waals surface area contributed by atoms with E-state index < -0.39 is 53.6 Å². The molecule has 3 N–H and O–H groups in total. The summed E-state index contributed by atoms with van der Waals surface area (Å²) in [6, 6.07) is 33.0. The minimum atomic E-state index is -1.36. The Labute approximate surface area is 417 Å². The molecule has 8 unspecified atom stereocenters. The number of esters is 2. The molecule has 3 aliphatic carbocycles. The molecule has 2 amide bonds. The van der Waals surface area contributed by atoms with Crippen LogP contribution in [-0.2, 0) is 45.6 Å². The lowest BCUT2D eigenvalue weighted by atomic mass is 9.52. The second kappa shape index (κ2) is 20.3. The minimum absolute atomic E-state index is 0.00908. The Hall–Kier alpha value is -5.92. The van der Waals surface area contributed by atoms with E-state index >= 15 is 0 Å². The summed E-state index contributed by atoms with van der Waals surface area (Å²) < 4.78 is 32.0. The number of hydrogen-bond donors (Lipinski definition) is 3. The third-order valence-corrected chi connectivity index (χ3v) is 15.1. The van der Waals surface area contributed by atoms with Crippen molar-refractivity contribution in [1.82, 2.24) is 10.6 Å². The maximum atomic E-state index is 14.4. The van der Waals surface area contributed by atoms with E-state index in [1.807, 2.05) is 78.9 Å². The molecular weight excluding hydrogens is 897 g/mol. The van der Waals surface area contributed by atoms with Crippen molar-refractivity contribution >= 4 is 29.8 Å². The summed E-state index contributed by atoms with van der Waals surface area (Å²) >= 11 is 0. The molecule has 4 aromatic carbocycles.